The van der Waals surface area contributed by atoms with E-state index >= 15 is 0 Å². The van der Waals surface area contributed by atoms with Crippen LogP contribution in [0.25, 0.3) is 0 Å². The van der Waals surface area contributed by atoms with Crippen molar-refractivity contribution in [2.24, 2.45) is 0 Å². The molecule has 0 aliphatic carbocycles. The molecule has 0 aromatic heterocycles. The topological polar surface area (TPSA) is 21.3 Å². The van der Waals surface area contributed by atoms with Crippen molar-refractivity contribution in [3.05, 3.63) is 56.5 Å². The maximum absolute atomic E-state index is 6.02. The Labute approximate surface area is 136 Å². The molecule has 0 radical (unpaired) electrons. The van der Waals surface area contributed by atoms with Gasteiger partial charge < -0.3 is 10.1 Å². The molecule has 0 amide bonds. The molecule has 0 aliphatic rings. The second-order valence-corrected chi connectivity index (χ2v) is 6.33. The Kier molecular flexibility index (Phi) is 5.64. The average molecular weight is 399 g/mol. The van der Waals surface area contributed by atoms with Crippen LogP contribution in [0.4, 0.5) is 0 Å². The zero-order valence-corrected chi connectivity index (χ0v) is 14.7. The van der Waals surface area contributed by atoms with Gasteiger partial charge in [0.1, 0.15) is 11.5 Å². The van der Waals surface area contributed by atoms with Crippen molar-refractivity contribution in [2.45, 2.75) is 20.4 Å². The second kappa shape index (κ2) is 7.25. The van der Waals surface area contributed by atoms with Crippen molar-refractivity contribution in [2.75, 3.05) is 6.54 Å². The van der Waals surface area contributed by atoms with Crippen LogP contribution in [-0.2, 0) is 6.54 Å². The molecule has 2 aromatic rings. The summed E-state index contributed by atoms with van der Waals surface area (Å²) in [6, 6.07) is 12.2. The first-order valence-corrected chi connectivity index (χ1v) is 8.12. The highest BCUT2D eigenvalue weighted by atomic mass is 79.9. The first-order valence-electron chi connectivity index (χ1n) is 6.53. The average Bonchev–Trinajstić information content (AvgIpc) is 2.42. The largest absolute Gasteiger partial charge is 0.456 e. The zero-order valence-electron chi connectivity index (χ0n) is 11.5. The summed E-state index contributed by atoms with van der Waals surface area (Å²) in [5, 5.41) is 3.32. The van der Waals surface area contributed by atoms with Crippen LogP contribution in [0, 0.1) is 6.92 Å². The van der Waals surface area contributed by atoms with Crippen LogP contribution in [-0.4, -0.2) is 6.54 Å². The zero-order chi connectivity index (χ0) is 14.5. The van der Waals surface area contributed by atoms with E-state index in [2.05, 4.69) is 69.2 Å². The van der Waals surface area contributed by atoms with E-state index in [4.69, 9.17) is 4.74 Å². The summed E-state index contributed by atoms with van der Waals surface area (Å²) >= 11 is 6.96. The van der Waals surface area contributed by atoms with Crippen LogP contribution in [0.5, 0.6) is 11.5 Å². The van der Waals surface area contributed by atoms with Crippen LogP contribution < -0.4 is 10.1 Å². The molecule has 0 saturated heterocycles. The normalized spacial score (nSPS) is 10.6. The van der Waals surface area contributed by atoms with Gasteiger partial charge in [0, 0.05) is 11.0 Å². The number of benzene rings is 2. The molecule has 0 aliphatic heterocycles. The molecule has 2 aromatic carbocycles. The third kappa shape index (κ3) is 4.08. The summed E-state index contributed by atoms with van der Waals surface area (Å²) in [6.45, 7) is 5.97. The third-order valence-corrected chi connectivity index (χ3v) is 4.06. The molecule has 0 bridgehead atoms. The van der Waals surface area contributed by atoms with Gasteiger partial charge in [0.2, 0.25) is 0 Å². The first-order chi connectivity index (χ1) is 9.60. The summed E-state index contributed by atoms with van der Waals surface area (Å²) in [4.78, 5) is 0. The van der Waals surface area contributed by atoms with E-state index in [0.29, 0.717) is 0 Å². The molecule has 0 fully saturated rings. The van der Waals surface area contributed by atoms with Crippen molar-refractivity contribution in [1.82, 2.24) is 5.32 Å². The molecule has 2 nitrogen and oxygen atoms in total. The van der Waals surface area contributed by atoms with Gasteiger partial charge in [-0.2, -0.15) is 0 Å². The molecule has 0 heterocycles. The number of rotatable bonds is 5. The summed E-state index contributed by atoms with van der Waals surface area (Å²) in [5.74, 6) is 1.71. The molecule has 0 atom stereocenters. The van der Waals surface area contributed by atoms with Gasteiger partial charge >= 0.3 is 0 Å². The molecule has 2 rings (SSSR count). The molecule has 1 N–H and O–H groups in total. The molecule has 0 unspecified atom stereocenters. The molecular weight excluding hydrogens is 382 g/mol. The van der Waals surface area contributed by atoms with Crippen molar-refractivity contribution in [1.29, 1.82) is 0 Å². The van der Waals surface area contributed by atoms with E-state index in [1.54, 1.807) is 0 Å². The Morgan fingerprint density at radius 2 is 1.85 bits per heavy atom. The maximum atomic E-state index is 6.02. The SMILES string of the molecule is CCNCc1ccc(C)c(Oc2ccc(Br)cc2Br)c1. The van der Waals surface area contributed by atoms with E-state index in [1.165, 1.54) is 5.56 Å². The number of halogens is 2. The predicted octanol–water partition coefficient (Wildman–Crippen LogP) is 5.42. The van der Waals surface area contributed by atoms with E-state index in [0.717, 1.165) is 39.1 Å². The van der Waals surface area contributed by atoms with E-state index in [1.807, 2.05) is 18.2 Å². The van der Waals surface area contributed by atoms with Crippen molar-refractivity contribution >= 4 is 31.9 Å². The van der Waals surface area contributed by atoms with Gasteiger partial charge in [0.15, 0.2) is 0 Å². The molecule has 4 heteroatoms. The van der Waals surface area contributed by atoms with Gasteiger partial charge in [-0.3, -0.25) is 0 Å². The fourth-order valence-corrected chi connectivity index (χ4v) is 2.94. The minimum Gasteiger partial charge on any atom is -0.456 e. The first kappa shape index (κ1) is 15.5. The van der Waals surface area contributed by atoms with Crippen LogP contribution in [0.2, 0.25) is 0 Å². The fraction of sp³-hybridized carbons (Fsp3) is 0.250. The molecule has 0 saturated carbocycles. The van der Waals surface area contributed by atoms with Gasteiger partial charge in [-0.1, -0.05) is 35.0 Å². The summed E-state index contributed by atoms with van der Waals surface area (Å²) in [7, 11) is 0. The molecule has 106 valence electrons. The maximum Gasteiger partial charge on any atom is 0.141 e. The van der Waals surface area contributed by atoms with Crippen LogP contribution in [0.15, 0.2) is 45.3 Å². The van der Waals surface area contributed by atoms with Crippen LogP contribution in [0.1, 0.15) is 18.1 Å². The Morgan fingerprint density at radius 1 is 1.05 bits per heavy atom. The summed E-state index contributed by atoms with van der Waals surface area (Å²) < 4.78 is 7.98. The quantitative estimate of drug-likeness (QED) is 0.725. The Balaban J connectivity index is 2.23. The van der Waals surface area contributed by atoms with E-state index in [-0.39, 0.29) is 0 Å². The van der Waals surface area contributed by atoms with E-state index < -0.39 is 0 Å². The number of nitrogens with one attached hydrogen (secondary N) is 1. The summed E-state index contributed by atoms with van der Waals surface area (Å²) in [6.07, 6.45) is 0. The Hall–Kier alpha value is -0.840. The third-order valence-electron chi connectivity index (χ3n) is 2.95. The number of aryl methyl sites for hydroxylation is 1. The molecule has 0 spiro atoms. The number of hydrogen-bond acceptors (Lipinski definition) is 2. The lowest BCUT2D eigenvalue weighted by atomic mass is 10.1. The molecular formula is C16H17Br2NO. The highest BCUT2D eigenvalue weighted by Crippen LogP contribution is 2.33. The lowest BCUT2D eigenvalue weighted by Gasteiger charge is -2.12. The highest BCUT2D eigenvalue weighted by Gasteiger charge is 2.07. The Bertz CT molecular complexity index is 599. The van der Waals surface area contributed by atoms with Crippen LogP contribution >= 0.6 is 31.9 Å². The lowest BCUT2D eigenvalue weighted by molar-refractivity contribution is 0.474. The van der Waals surface area contributed by atoms with Crippen LogP contribution in [0.3, 0.4) is 0 Å². The van der Waals surface area contributed by atoms with Crippen molar-refractivity contribution in [3.8, 4) is 11.5 Å². The number of ether oxygens (including phenoxy) is 1. The monoisotopic (exact) mass is 397 g/mol. The Morgan fingerprint density at radius 3 is 2.55 bits per heavy atom. The van der Waals surface area contributed by atoms with Gasteiger partial charge in [-0.15, -0.1) is 0 Å². The standard InChI is InChI=1S/C16H17Br2NO/c1-3-19-10-12-5-4-11(2)16(8-12)20-15-7-6-13(17)9-14(15)18/h4-9,19H,3,10H2,1-2H3. The fourth-order valence-electron chi connectivity index (χ4n) is 1.81. The number of hydrogen-bond donors (Lipinski definition) is 1. The van der Waals surface area contributed by atoms with Gasteiger partial charge in [0.25, 0.3) is 0 Å². The van der Waals surface area contributed by atoms with Gasteiger partial charge in [-0.05, 0) is 64.8 Å². The van der Waals surface area contributed by atoms with Crippen molar-refractivity contribution in [3.63, 3.8) is 0 Å². The van der Waals surface area contributed by atoms with Gasteiger partial charge in [0.05, 0.1) is 4.47 Å². The molecule has 20 heavy (non-hydrogen) atoms. The summed E-state index contributed by atoms with van der Waals surface area (Å²) in [5.41, 5.74) is 2.35. The second-order valence-electron chi connectivity index (χ2n) is 4.56. The van der Waals surface area contributed by atoms with Gasteiger partial charge in [-0.25, -0.2) is 0 Å². The minimum absolute atomic E-state index is 0.817. The highest BCUT2D eigenvalue weighted by molar-refractivity contribution is 9.11. The minimum atomic E-state index is 0.817. The van der Waals surface area contributed by atoms with Crippen molar-refractivity contribution < 1.29 is 4.74 Å². The van der Waals surface area contributed by atoms with E-state index in [9.17, 15) is 0 Å². The lowest BCUT2D eigenvalue weighted by Crippen LogP contribution is -2.11. The smallest absolute Gasteiger partial charge is 0.141 e. The predicted molar refractivity (Wildman–Crippen MR) is 90.5 cm³/mol.